The minimum absolute atomic E-state index is 0.115. The average molecular weight is 253 g/mol. The quantitative estimate of drug-likeness (QED) is 0.790. The van der Waals surface area contributed by atoms with Crippen LogP contribution in [-0.2, 0) is 4.79 Å². The Bertz CT molecular complexity index is 270. The van der Waals surface area contributed by atoms with Crippen LogP contribution >= 0.6 is 0 Å². The van der Waals surface area contributed by atoms with Gasteiger partial charge in [0, 0.05) is 19.5 Å². The van der Waals surface area contributed by atoms with E-state index in [0.29, 0.717) is 12.5 Å². The van der Waals surface area contributed by atoms with E-state index in [2.05, 4.69) is 0 Å². The molecular weight excluding hydrogens is 226 g/mol. The highest BCUT2D eigenvalue weighted by atomic mass is 16.3. The summed E-state index contributed by atoms with van der Waals surface area (Å²) in [7, 11) is 1.83. The molecule has 0 aromatic rings. The lowest BCUT2D eigenvalue weighted by molar-refractivity contribution is -0.135. The second-order valence-corrected chi connectivity index (χ2v) is 6.41. The van der Waals surface area contributed by atoms with Gasteiger partial charge in [0.1, 0.15) is 0 Å². The molecule has 3 nitrogen and oxygen atoms in total. The first-order valence-corrected chi connectivity index (χ1v) is 7.51. The van der Waals surface area contributed by atoms with Crippen LogP contribution in [0.2, 0.25) is 0 Å². The molecule has 0 aromatic heterocycles. The molecule has 18 heavy (non-hydrogen) atoms. The summed E-state index contributed by atoms with van der Waals surface area (Å²) in [4.78, 5) is 14.0. The number of aliphatic hydroxyl groups excluding tert-OH is 1. The fourth-order valence-corrected chi connectivity index (χ4v) is 3.22. The predicted octanol–water partition coefficient (Wildman–Crippen LogP) is 2.43. The van der Waals surface area contributed by atoms with Crippen LogP contribution in [0.1, 0.15) is 51.9 Å². The van der Waals surface area contributed by atoms with Gasteiger partial charge in [-0.25, -0.2) is 0 Å². The van der Waals surface area contributed by atoms with Crippen molar-refractivity contribution >= 4 is 5.91 Å². The second-order valence-electron chi connectivity index (χ2n) is 6.41. The topological polar surface area (TPSA) is 40.5 Å². The van der Waals surface area contributed by atoms with Crippen LogP contribution < -0.4 is 0 Å². The number of carbonyl (C=O) groups excluding carboxylic acids is 1. The van der Waals surface area contributed by atoms with E-state index in [9.17, 15) is 9.90 Å². The lowest BCUT2D eigenvalue weighted by atomic mass is 9.93. The minimum atomic E-state index is -0.308. The van der Waals surface area contributed by atoms with Crippen molar-refractivity contribution in [1.29, 1.82) is 0 Å². The van der Waals surface area contributed by atoms with Gasteiger partial charge in [-0.1, -0.05) is 32.6 Å². The van der Waals surface area contributed by atoms with Crippen LogP contribution in [0.15, 0.2) is 0 Å². The third kappa shape index (κ3) is 3.71. The van der Waals surface area contributed by atoms with Crippen molar-refractivity contribution in [3.8, 4) is 0 Å². The Hall–Kier alpha value is -0.570. The molecule has 2 atom stereocenters. The van der Waals surface area contributed by atoms with E-state index in [1.165, 1.54) is 25.7 Å². The number of aliphatic hydroxyl groups is 1. The first-order chi connectivity index (χ1) is 8.58. The van der Waals surface area contributed by atoms with E-state index >= 15 is 0 Å². The molecule has 3 heteroatoms. The van der Waals surface area contributed by atoms with Crippen LogP contribution in [0.3, 0.4) is 0 Å². The molecule has 0 aromatic carbocycles. The molecule has 2 rings (SSSR count). The fraction of sp³-hybridized carbons (Fsp3) is 0.933. The highest BCUT2D eigenvalue weighted by molar-refractivity contribution is 5.78. The SMILES string of the molecule is CC(CC1CCCC1)C(=O)N(C)CC(O)C1CC1. The summed E-state index contributed by atoms with van der Waals surface area (Å²) in [5.41, 5.74) is 0. The van der Waals surface area contributed by atoms with E-state index in [1.807, 2.05) is 14.0 Å². The van der Waals surface area contributed by atoms with Crippen LogP contribution in [-0.4, -0.2) is 35.6 Å². The Kier molecular flexibility index (Phi) is 4.66. The first kappa shape index (κ1) is 13.9. The standard InChI is InChI=1S/C15H27NO2/c1-11(9-12-5-3-4-6-12)15(18)16(2)10-14(17)13-7-8-13/h11-14,17H,3-10H2,1-2H3. The molecule has 1 N–H and O–H groups in total. The van der Waals surface area contributed by atoms with E-state index in [4.69, 9.17) is 0 Å². The minimum Gasteiger partial charge on any atom is -0.391 e. The highest BCUT2D eigenvalue weighted by Crippen LogP contribution is 2.33. The molecule has 0 spiro atoms. The van der Waals surface area contributed by atoms with Crippen molar-refractivity contribution in [2.75, 3.05) is 13.6 Å². The Balaban J connectivity index is 1.73. The first-order valence-electron chi connectivity index (χ1n) is 7.51. The molecule has 2 fully saturated rings. The van der Waals surface area contributed by atoms with E-state index < -0.39 is 0 Å². The largest absolute Gasteiger partial charge is 0.391 e. The van der Waals surface area contributed by atoms with Crippen molar-refractivity contribution in [3.05, 3.63) is 0 Å². The molecule has 0 bridgehead atoms. The summed E-state index contributed by atoms with van der Waals surface area (Å²) in [5, 5.41) is 9.88. The monoisotopic (exact) mass is 253 g/mol. The number of carbonyl (C=O) groups is 1. The third-order valence-corrected chi connectivity index (χ3v) is 4.59. The second kappa shape index (κ2) is 6.05. The van der Waals surface area contributed by atoms with E-state index in [-0.39, 0.29) is 17.9 Å². The van der Waals surface area contributed by atoms with Gasteiger partial charge < -0.3 is 10.0 Å². The normalized spacial score (nSPS) is 23.9. The summed E-state index contributed by atoms with van der Waals surface area (Å²) in [5.74, 6) is 1.53. The Morgan fingerprint density at radius 2 is 1.89 bits per heavy atom. The van der Waals surface area contributed by atoms with Gasteiger partial charge >= 0.3 is 0 Å². The molecular formula is C15H27NO2. The van der Waals surface area contributed by atoms with Gasteiger partial charge in [-0.15, -0.1) is 0 Å². The summed E-state index contributed by atoms with van der Waals surface area (Å²) >= 11 is 0. The lowest BCUT2D eigenvalue weighted by Crippen LogP contribution is -2.38. The number of hydrogen-bond acceptors (Lipinski definition) is 2. The average Bonchev–Trinajstić information content (AvgIpc) is 3.08. The van der Waals surface area contributed by atoms with Gasteiger partial charge in [-0.2, -0.15) is 0 Å². The zero-order valence-electron chi connectivity index (χ0n) is 11.8. The zero-order chi connectivity index (χ0) is 13.1. The van der Waals surface area contributed by atoms with E-state index in [0.717, 1.165) is 25.2 Å². The van der Waals surface area contributed by atoms with Crippen LogP contribution in [0.4, 0.5) is 0 Å². The smallest absolute Gasteiger partial charge is 0.225 e. The van der Waals surface area contributed by atoms with Gasteiger partial charge in [-0.3, -0.25) is 4.79 Å². The summed E-state index contributed by atoms with van der Waals surface area (Å²) < 4.78 is 0. The van der Waals surface area contributed by atoms with Gasteiger partial charge in [0.15, 0.2) is 0 Å². The molecule has 0 aliphatic heterocycles. The summed E-state index contributed by atoms with van der Waals surface area (Å²) in [6.45, 7) is 2.55. The van der Waals surface area contributed by atoms with Crippen molar-refractivity contribution in [1.82, 2.24) is 4.90 Å². The number of amides is 1. The molecule has 0 heterocycles. The van der Waals surface area contributed by atoms with Gasteiger partial charge in [0.05, 0.1) is 6.10 Å². The zero-order valence-corrected chi connectivity index (χ0v) is 11.8. The number of nitrogens with zero attached hydrogens (tertiary/aromatic N) is 1. The van der Waals surface area contributed by atoms with E-state index in [1.54, 1.807) is 4.90 Å². The molecule has 2 saturated carbocycles. The van der Waals surface area contributed by atoms with Gasteiger partial charge in [0.2, 0.25) is 5.91 Å². The van der Waals surface area contributed by atoms with Crippen molar-refractivity contribution in [2.24, 2.45) is 17.8 Å². The lowest BCUT2D eigenvalue weighted by Gasteiger charge is -2.25. The molecule has 2 unspecified atom stereocenters. The van der Waals surface area contributed by atoms with Crippen molar-refractivity contribution < 1.29 is 9.90 Å². The maximum atomic E-state index is 12.2. The highest BCUT2D eigenvalue weighted by Gasteiger charge is 2.32. The number of rotatable bonds is 6. The molecule has 0 saturated heterocycles. The van der Waals surface area contributed by atoms with Crippen molar-refractivity contribution in [3.63, 3.8) is 0 Å². The number of hydrogen-bond donors (Lipinski definition) is 1. The third-order valence-electron chi connectivity index (χ3n) is 4.59. The molecule has 104 valence electrons. The Morgan fingerprint density at radius 3 is 2.44 bits per heavy atom. The molecule has 1 amide bonds. The predicted molar refractivity (Wildman–Crippen MR) is 72.1 cm³/mol. The summed E-state index contributed by atoms with van der Waals surface area (Å²) in [6.07, 6.45) is 8.24. The fourth-order valence-electron chi connectivity index (χ4n) is 3.22. The maximum Gasteiger partial charge on any atom is 0.225 e. The van der Waals surface area contributed by atoms with Crippen LogP contribution in [0.25, 0.3) is 0 Å². The van der Waals surface area contributed by atoms with Crippen molar-refractivity contribution in [2.45, 2.75) is 58.0 Å². The van der Waals surface area contributed by atoms with Crippen LogP contribution in [0, 0.1) is 17.8 Å². The Morgan fingerprint density at radius 1 is 1.28 bits per heavy atom. The van der Waals surface area contributed by atoms with Gasteiger partial charge in [-0.05, 0) is 31.1 Å². The summed E-state index contributed by atoms with van der Waals surface area (Å²) in [6, 6.07) is 0. The van der Waals surface area contributed by atoms with Crippen LogP contribution in [0.5, 0.6) is 0 Å². The number of likely N-dealkylation sites (N-methyl/N-ethyl adjacent to an activating group) is 1. The molecule has 2 aliphatic carbocycles. The molecule has 0 radical (unpaired) electrons. The molecule has 2 aliphatic rings. The maximum absolute atomic E-state index is 12.2. The Labute approximate surface area is 111 Å². The van der Waals surface area contributed by atoms with Gasteiger partial charge in [0.25, 0.3) is 0 Å².